The Kier molecular flexibility index (Phi) is 2.85. The van der Waals surface area contributed by atoms with E-state index in [1.54, 1.807) is 0 Å². The first-order valence-corrected chi connectivity index (χ1v) is 6.71. The third kappa shape index (κ3) is 1.61. The molecule has 3 unspecified atom stereocenters. The van der Waals surface area contributed by atoms with E-state index in [1.807, 2.05) is 13.8 Å². The average molecular weight is 279 g/mol. The molecule has 0 spiro atoms. The van der Waals surface area contributed by atoms with Crippen LogP contribution in [0.4, 0.5) is 10.2 Å². The van der Waals surface area contributed by atoms with Crippen LogP contribution < -0.4 is 11.1 Å². The van der Waals surface area contributed by atoms with E-state index in [-0.39, 0.29) is 17.9 Å². The molecule has 2 heterocycles. The van der Waals surface area contributed by atoms with Crippen LogP contribution in [0, 0.1) is 17.2 Å². The number of aromatic nitrogens is 1. The molecule has 0 bridgehead atoms. The molecule has 1 aromatic rings. The van der Waals surface area contributed by atoms with E-state index >= 15 is 0 Å². The summed E-state index contributed by atoms with van der Waals surface area (Å²) < 4.78 is 18.5. The molecule has 0 aromatic carbocycles. The second-order valence-electron chi connectivity index (χ2n) is 6.09. The highest BCUT2D eigenvalue weighted by molar-refractivity contribution is 5.99. The van der Waals surface area contributed by atoms with Gasteiger partial charge in [0.2, 0.25) is 5.91 Å². The van der Waals surface area contributed by atoms with Gasteiger partial charge in [0.15, 0.2) is 0 Å². The molecular formula is C14H18FN3O2. The van der Waals surface area contributed by atoms with Crippen LogP contribution in [0.15, 0.2) is 18.3 Å². The molecule has 3 atom stereocenters. The van der Waals surface area contributed by atoms with E-state index < -0.39 is 16.8 Å². The zero-order valence-corrected chi connectivity index (χ0v) is 11.5. The molecule has 5 nitrogen and oxygen atoms in total. The van der Waals surface area contributed by atoms with Crippen LogP contribution in [0.25, 0.3) is 0 Å². The van der Waals surface area contributed by atoms with Crippen LogP contribution in [0.2, 0.25) is 0 Å². The van der Waals surface area contributed by atoms with Crippen molar-refractivity contribution >= 4 is 11.7 Å². The average Bonchev–Trinajstić information content (AvgIpc) is 2.88. The number of hydrogen-bond donors (Lipinski definition) is 2. The largest absolute Gasteiger partial charge is 0.377 e. The molecule has 1 saturated heterocycles. The van der Waals surface area contributed by atoms with Crippen molar-refractivity contribution < 1.29 is 13.9 Å². The second kappa shape index (κ2) is 4.23. The van der Waals surface area contributed by atoms with Gasteiger partial charge in [-0.3, -0.25) is 4.79 Å². The molecule has 0 radical (unpaired) electrons. The number of ether oxygens (including phenoxy) is 1. The van der Waals surface area contributed by atoms with Gasteiger partial charge in [0, 0.05) is 17.9 Å². The van der Waals surface area contributed by atoms with Gasteiger partial charge in [0.1, 0.15) is 17.2 Å². The van der Waals surface area contributed by atoms with Crippen LogP contribution in [0.5, 0.6) is 0 Å². The van der Waals surface area contributed by atoms with Gasteiger partial charge >= 0.3 is 0 Å². The first-order valence-electron chi connectivity index (χ1n) is 6.71. The molecule has 108 valence electrons. The van der Waals surface area contributed by atoms with E-state index in [0.29, 0.717) is 12.4 Å². The Morgan fingerprint density at radius 3 is 2.95 bits per heavy atom. The number of nitrogens with two attached hydrogens (primary N) is 1. The van der Waals surface area contributed by atoms with Gasteiger partial charge in [-0.1, -0.05) is 13.8 Å². The van der Waals surface area contributed by atoms with Crippen molar-refractivity contribution in [3.63, 3.8) is 0 Å². The summed E-state index contributed by atoms with van der Waals surface area (Å²) in [4.78, 5) is 16.4. The minimum Gasteiger partial charge on any atom is -0.377 e. The Labute approximate surface area is 116 Å². The van der Waals surface area contributed by atoms with Crippen molar-refractivity contribution in [2.75, 3.05) is 11.9 Å². The van der Waals surface area contributed by atoms with E-state index in [1.165, 1.54) is 12.1 Å². The van der Waals surface area contributed by atoms with Crippen LogP contribution in [-0.2, 0) is 9.53 Å². The third-order valence-corrected chi connectivity index (χ3v) is 4.80. The molecular weight excluding hydrogens is 261 g/mol. The van der Waals surface area contributed by atoms with Crippen molar-refractivity contribution in [1.82, 2.24) is 4.98 Å². The van der Waals surface area contributed by atoms with E-state index in [2.05, 4.69) is 10.3 Å². The van der Waals surface area contributed by atoms with Crippen molar-refractivity contribution in [2.24, 2.45) is 17.1 Å². The second-order valence-corrected chi connectivity index (χ2v) is 6.09. The van der Waals surface area contributed by atoms with Crippen LogP contribution in [0.3, 0.4) is 0 Å². The molecule has 2 aliphatic rings. The fourth-order valence-corrected chi connectivity index (χ4v) is 3.51. The monoisotopic (exact) mass is 279 g/mol. The highest BCUT2D eigenvalue weighted by atomic mass is 19.1. The highest BCUT2D eigenvalue weighted by Crippen LogP contribution is 2.58. The van der Waals surface area contributed by atoms with E-state index in [0.717, 1.165) is 12.6 Å². The third-order valence-electron chi connectivity index (χ3n) is 4.80. The lowest BCUT2D eigenvalue weighted by Gasteiger charge is -2.60. The van der Waals surface area contributed by atoms with Gasteiger partial charge in [0.05, 0.1) is 12.3 Å². The van der Waals surface area contributed by atoms with Gasteiger partial charge < -0.3 is 15.8 Å². The first kappa shape index (κ1) is 13.5. The fourth-order valence-electron chi connectivity index (χ4n) is 3.51. The Balaban J connectivity index is 1.81. The Bertz CT molecular complexity index is 546. The number of nitrogens with one attached hydrogen (secondary N) is 1. The van der Waals surface area contributed by atoms with Gasteiger partial charge in [0.25, 0.3) is 0 Å². The number of carbonyl (C=O) groups is 1. The Morgan fingerprint density at radius 2 is 2.30 bits per heavy atom. The number of nitrogens with zero attached hydrogens (tertiary/aromatic N) is 1. The lowest BCUT2D eigenvalue weighted by atomic mass is 9.48. The van der Waals surface area contributed by atoms with Crippen molar-refractivity contribution in [3.8, 4) is 0 Å². The summed E-state index contributed by atoms with van der Waals surface area (Å²) in [7, 11) is 0. The SMILES string of the molecule is CC1(C)C2OCCC2C1(N)C(=O)Nc1ccc(F)cn1. The molecule has 1 aliphatic carbocycles. The summed E-state index contributed by atoms with van der Waals surface area (Å²) in [5, 5.41) is 2.68. The summed E-state index contributed by atoms with van der Waals surface area (Å²) in [6.07, 6.45) is 1.88. The molecule has 1 saturated carbocycles. The van der Waals surface area contributed by atoms with Crippen LogP contribution in [0.1, 0.15) is 20.3 Å². The van der Waals surface area contributed by atoms with Gasteiger partial charge in [-0.25, -0.2) is 9.37 Å². The fraction of sp³-hybridized carbons (Fsp3) is 0.571. The van der Waals surface area contributed by atoms with Crippen LogP contribution >= 0.6 is 0 Å². The smallest absolute Gasteiger partial charge is 0.246 e. The van der Waals surface area contributed by atoms with Crippen molar-refractivity contribution in [1.29, 1.82) is 0 Å². The number of anilines is 1. The first-order chi connectivity index (χ1) is 9.37. The normalized spacial score (nSPS) is 34.2. The van der Waals surface area contributed by atoms with Gasteiger partial charge in [-0.2, -0.15) is 0 Å². The summed E-state index contributed by atoms with van der Waals surface area (Å²) >= 11 is 0. The molecule has 20 heavy (non-hydrogen) atoms. The molecule has 2 fully saturated rings. The maximum absolute atomic E-state index is 12.8. The van der Waals surface area contributed by atoms with Crippen molar-refractivity contribution in [3.05, 3.63) is 24.1 Å². The number of hydrogen-bond acceptors (Lipinski definition) is 4. The van der Waals surface area contributed by atoms with Crippen LogP contribution in [-0.4, -0.2) is 29.1 Å². The summed E-state index contributed by atoms with van der Waals surface area (Å²) in [5.74, 6) is -0.399. The van der Waals surface area contributed by atoms with Crippen molar-refractivity contribution in [2.45, 2.75) is 31.9 Å². The standard InChI is InChI=1S/C14H18FN3O2/c1-13(2)11-9(5-6-20-11)14(13,16)12(19)18-10-4-3-8(15)7-17-10/h3-4,7,9,11H,5-6,16H2,1-2H3,(H,17,18,19). The minimum atomic E-state index is -0.982. The number of rotatable bonds is 2. The van der Waals surface area contributed by atoms with E-state index in [9.17, 15) is 9.18 Å². The zero-order chi connectivity index (χ0) is 14.5. The maximum atomic E-state index is 12.8. The summed E-state index contributed by atoms with van der Waals surface area (Å²) in [6, 6.07) is 2.67. The number of amides is 1. The number of carbonyl (C=O) groups excluding carboxylic acids is 1. The molecule has 3 N–H and O–H groups in total. The highest BCUT2D eigenvalue weighted by Gasteiger charge is 2.71. The summed E-state index contributed by atoms with van der Waals surface area (Å²) in [6.45, 7) is 4.52. The zero-order valence-electron chi connectivity index (χ0n) is 11.5. The Morgan fingerprint density at radius 1 is 1.55 bits per heavy atom. The van der Waals surface area contributed by atoms with E-state index in [4.69, 9.17) is 10.5 Å². The van der Waals surface area contributed by atoms with Gasteiger partial charge in [-0.05, 0) is 18.6 Å². The quantitative estimate of drug-likeness (QED) is 0.855. The molecule has 1 amide bonds. The summed E-state index contributed by atoms with van der Waals surface area (Å²) in [5.41, 5.74) is 4.98. The number of pyridine rings is 1. The molecule has 1 aliphatic heterocycles. The predicted octanol–water partition coefficient (Wildman–Crippen LogP) is 1.30. The number of halogens is 1. The molecule has 3 rings (SSSR count). The lowest BCUT2D eigenvalue weighted by Crippen LogP contribution is -2.79. The number of fused-ring (bicyclic) bond motifs is 1. The Hall–Kier alpha value is -1.53. The van der Waals surface area contributed by atoms with Gasteiger partial charge in [-0.15, -0.1) is 0 Å². The maximum Gasteiger partial charge on any atom is 0.246 e. The minimum absolute atomic E-state index is 0.0259. The molecule has 6 heteroatoms. The molecule has 1 aromatic heterocycles. The topological polar surface area (TPSA) is 77.2 Å². The predicted molar refractivity (Wildman–Crippen MR) is 71.4 cm³/mol. The lowest BCUT2D eigenvalue weighted by molar-refractivity contribution is -0.170.